The fraction of sp³-hybridized carbons (Fsp3) is 0.290. The van der Waals surface area contributed by atoms with Crippen LogP contribution in [-0.4, -0.2) is 40.5 Å². The van der Waals surface area contributed by atoms with E-state index in [9.17, 15) is 10.1 Å². The molecule has 0 aliphatic carbocycles. The summed E-state index contributed by atoms with van der Waals surface area (Å²) in [5.41, 5.74) is 4.92. The van der Waals surface area contributed by atoms with E-state index in [4.69, 9.17) is 9.47 Å². The highest BCUT2D eigenvalue weighted by molar-refractivity contribution is 6.04. The maximum Gasteiger partial charge on any atom is 0.255 e. The molecule has 2 aromatic heterocycles. The van der Waals surface area contributed by atoms with E-state index in [0.29, 0.717) is 23.8 Å². The molecule has 0 spiro atoms. The fourth-order valence-corrected chi connectivity index (χ4v) is 4.44. The largest absolute Gasteiger partial charge is 0.492 e. The Labute approximate surface area is 228 Å². The average molecular weight is 522 g/mol. The summed E-state index contributed by atoms with van der Waals surface area (Å²) < 4.78 is 13.2. The highest BCUT2D eigenvalue weighted by Crippen LogP contribution is 2.27. The minimum Gasteiger partial charge on any atom is -0.492 e. The SMILES string of the molecule is Cc1ccc(NC(=O)c2cccc(C(C)(C)C#N)c2)cc1-n1cc(-c2cncc(OCC3CCOC3)c2)cn1. The van der Waals surface area contributed by atoms with Gasteiger partial charge in [-0.1, -0.05) is 18.2 Å². The van der Waals surface area contributed by atoms with E-state index in [1.165, 1.54) is 0 Å². The van der Waals surface area contributed by atoms with Crippen molar-refractivity contribution in [1.29, 1.82) is 5.26 Å². The molecule has 1 fully saturated rings. The van der Waals surface area contributed by atoms with Gasteiger partial charge in [0.2, 0.25) is 0 Å². The first-order valence-electron chi connectivity index (χ1n) is 13.0. The third kappa shape index (κ3) is 6.00. The van der Waals surface area contributed by atoms with Crippen molar-refractivity contribution in [2.24, 2.45) is 5.92 Å². The number of aromatic nitrogens is 3. The second-order valence-corrected chi connectivity index (χ2v) is 10.4. The van der Waals surface area contributed by atoms with Gasteiger partial charge in [0.15, 0.2) is 0 Å². The lowest BCUT2D eigenvalue weighted by atomic mass is 9.85. The van der Waals surface area contributed by atoms with E-state index >= 15 is 0 Å². The van der Waals surface area contributed by atoms with Gasteiger partial charge in [-0.3, -0.25) is 9.78 Å². The predicted molar refractivity (Wildman–Crippen MR) is 149 cm³/mol. The van der Waals surface area contributed by atoms with Gasteiger partial charge in [0, 0.05) is 47.3 Å². The van der Waals surface area contributed by atoms with Crippen molar-refractivity contribution in [2.45, 2.75) is 32.6 Å². The van der Waals surface area contributed by atoms with Crippen LogP contribution in [0.25, 0.3) is 16.8 Å². The van der Waals surface area contributed by atoms with E-state index in [-0.39, 0.29) is 5.91 Å². The number of carbonyl (C=O) groups is 1. The van der Waals surface area contributed by atoms with Gasteiger partial charge in [0.05, 0.1) is 42.8 Å². The number of nitrogens with zero attached hydrogens (tertiary/aromatic N) is 4. The zero-order chi connectivity index (χ0) is 27.4. The highest BCUT2D eigenvalue weighted by Gasteiger charge is 2.21. The molecule has 5 rings (SSSR count). The van der Waals surface area contributed by atoms with Crippen molar-refractivity contribution in [3.05, 3.63) is 90.0 Å². The molecule has 1 aliphatic rings. The number of ether oxygens (including phenoxy) is 2. The third-order valence-electron chi connectivity index (χ3n) is 6.98. The standard InChI is InChI=1S/C31H31N5O3/c1-21-7-8-27(35-30(37)23-5-4-6-26(11-23)31(2,3)20-32)13-29(21)36-17-25(15-34-36)24-12-28(16-33-14-24)39-19-22-9-10-38-18-22/h4-8,11-17,22H,9-10,18-19H2,1-3H3,(H,35,37). The molecule has 1 atom stereocenters. The molecule has 0 saturated carbocycles. The average Bonchev–Trinajstić information content (AvgIpc) is 3.66. The second-order valence-electron chi connectivity index (χ2n) is 10.4. The molecule has 4 aromatic rings. The van der Waals surface area contributed by atoms with Crippen LogP contribution in [0.4, 0.5) is 5.69 Å². The number of carbonyl (C=O) groups excluding carboxylic acids is 1. The van der Waals surface area contributed by atoms with Gasteiger partial charge in [-0.25, -0.2) is 4.68 Å². The Morgan fingerprint density at radius 3 is 2.85 bits per heavy atom. The highest BCUT2D eigenvalue weighted by atomic mass is 16.5. The summed E-state index contributed by atoms with van der Waals surface area (Å²) in [4.78, 5) is 17.4. The first-order chi connectivity index (χ1) is 18.8. The first kappa shape index (κ1) is 26.1. The summed E-state index contributed by atoms with van der Waals surface area (Å²) in [7, 11) is 0. The van der Waals surface area contributed by atoms with Crippen LogP contribution >= 0.6 is 0 Å². The molecule has 2 aromatic carbocycles. The fourth-order valence-electron chi connectivity index (χ4n) is 4.44. The summed E-state index contributed by atoms with van der Waals surface area (Å²) in [5.74, 6) is 0.893. The van der Waals surface area contributed by atoms with Crippen LogP contribution in [-0.2, 0) is 10.2 Å². The van der Waals surface area contributed by atoms with E-state index in [1.54, 1.807) is 41.5 Å². The zero-order valence-electron chi connectivity index (χ0n) is 22.3. The first-order valence-corrected chi connectivity index (χ1v) is 13.0. The summed E-state index contributed by atoms with van der Waals surface area (Å²) in [6, 6.07) is 17.1. The van der Waals surface area contributed by atoms with Crippen molar-refractivity contribution in [3.8, 4) is 28.6 Å². The van der Waals surface area contributed by atoms with Gasteiger partial charge in [-0.15, -0.1) is 0 Å². The van der Waals surface area contributed by atoms with Crippen molar-refractivity contribution < 1.29 is 14.3 Å². The molecule has 8 nitrogen and oxygen atoms in total. The lowest BCUT2D eigenvalue weighted by Crippen LogP contribution is -2.17. The van der Waals surface area contributed by atoms with Gasteiger partial charge in [0.1, 0.15) is 5.75 Å². The third-order valence-corrected chi connectivity index (χ3v) is 6.98. The van der Waals surface area contributed by atoms with Crippen molar-refractivity contribution in [2.75, 3.05) is 25.1 Å². The Hall–Kier alpha value is -4.48. The second kappa shape index (κ2) is 11.1. The summed E-state index contributed by atoms with van der Waals surface area (Å²) >= 11 is 0. The van der Waals surface area contributed by atoms with E-state index < -0.39 is 5.41 Å². The van der Waals surface area contributed by atoms with Gasteiger partial charge in [0.25, 0.3) is 5.91 Å². The molecule has 0 bridgehead atoms. The molecule has 1 unspecified atom stereocenters. The molecule has 1 amide bonds. The van der Waals surface area contributed by atoms with Crippen LogP contribution in [0, 0.1) is 24.2 Å². The topological polar surface area (TPSA) is 102 Å². The molecule has 1 saturated heterocycles. The Morgan fingerprint density at radius 2 is 2.05 bits per heavy atom. The number of nitrogens with one attached hydrogen (secondary N) is 1. The lowest BCUT2D eigenvalue weighted by Gasteiger charge is -2.16. The molecule has 198 valence electrons. The maximum absolute atomic E-state index is 13.0. The molecular formula is C31H31N5O3. The minimum atomic E-state index is -0.683. The summed E-state index contributed by atoms with van der Waals surface area (Å²) in [6.45, 7) is 7.81. The molecule has 8 heteroatoms. The quantitative estimate of drug-likeness (QED) is 0.319. The zero-order valence-corrected chi connectivity index (χ0v) is 22.3. The number of hydrogen-bond donors (Lipinski definition) is 1. The molecule has 3 heterocycles. The summed E-state index contributed by atoms with van der Waals surface area (Å²) in [5, 5.41) is 17.0. The van der Waals surface area contributed by atoms with E-state index in [1.807, 2.05) is 57.3 Å². The Bertz CT molecular complexity index is 1530. The number of nitriles is 1. The van der Waals surface area contributed by atoms with Crippen molar-refractivity contribution in [3.63, 3.8) is 0 Å². The molecular weight excluding hydrogens is 490 g/mol. The number of rotatable bonds is 8. The van der Waals surface area contributed by atoms with Crippen molar-refractivity contribution in [1.82, 2.24) is 14.8 Å². The normalized spacial score (nSPS) is 15.1. The van der Waals surface area contributed by atoms with Crippen LogP contribution in [0.3, 0.4) is 0 Å². The molecule has 1 N–H and O–H groups in total. The van der Waals surface area contributed by atoms with E-state index in [2.05, 4.69) is 21.5 Å². The Morgan fingerprint density at radius 1 is 1.18 bits per heavy atom. The number of amides is 1. The van der Waals surface area contributed by atoms with Crippen LogP contribution < -0.4 is 10.1 Å². The summed E-state index contributed by atoms with van der Waals surface area (Å²) in [6.07, 6.45) is 8.26. The monoisotopic (exact) mass is 521 g/mol. The van der Waals surface area contributed by atoms with Gasteiger partial charge in [-0.2, -0.15) is 10.4 Å². The number of anilines is 1. The van der Waals surface area contributed by atoms with Crippen LogP contribution in [0.1, 0.15) is 41.8 Å². The number of hydrogen-bond acceptors (Lipinski definition) is 6. The van der Waals surface area contributed by atoms with Crippen molar-refractivity contribution >= 4 is 11.6 Å². The van der Waals surface area contributed by atoms with Crippen LogP contribution in [0.2, 0.25) is 0 Å². The van der Waals surface area contributed by atoms with Gasteiger partial charge in [-0.05, 0) is 68.7 Å². The maximum atomic E-state index is 13.0. The Balaban J connectivity index is 1.32. The van der Waals surface area contributed by atoms with Gasteiger partial charge >= 0.3 is 0 Å². The minimum absolute atomic E-state index is 0.242. The van der Waals surface area contributed by atoms with Gasteiger partial charge < -0.3 is 14.8 Å². The van der Waals surface area contributed by atoms with Crippen LogP contribution in [0.15, 0.2) is 73.3 Å². The number of aryl methyl sites for hydroxylation is 1. The number of benzene rings is 2. The molecule has 1 aliphatic heterocycles. The molecule has 39 heavy (non-hydrogen) atoms. The smallest absolute Gasteiger partial charge is 0.255 e. The van der Waals surface area contributed by atoms with E-state index in [0.717, 1.165) is 53.3 Å². The predicted octanol–water partition coefficient (Wildman–Crippen LogP) is 5.71. The molecule has 0 radical (unpaired) electrons. The Kier molecular flexibility index (Phi) is 7.44. The lowest BCUT2D eigenvalue weighted by molar-refractivity contribution is 0.102. The van der Waals surface area contributed by atoms with Crippen LogP contribution in [0.5, 0.6) is 5.75 Å². The number of pyridine rings is 1.